The molecule has 0 radical (unpaired) electrons. The molecule has 3 aromatic rings. The van der Waals surface area contributed by atoms with Crippen molar-refractivity contribution in [2.45, 2.75) is 39.2 Å². The van der Waals surface area contributed by atoms with E-state index in [0.717, 1.165) is 29.7 Å². The summed E-state index contributed by atoms with van der Waals surface area (Å²) in [6.07, 6.45) is 2.25. The van der Waals surface area contributed by atoms with Crippen LogP contribution in [0.25, 0.3) is 10.9 Å². The van der Waals surface area contributed by atoms with Crippen LogP contribution in [-0.4, -0.2) is 45.6 Å². The molecule has 1 aromatic carbocycles. The Balaban J connectivity index is 1.25. The number of aromatic nitrogens is 3. The molecule has 1 fully saturated rings. The average molecular weight is 408 g/mol. The Labute approximate surface area is 173 Å². The number of Topliss-reactive ketones (excluding diaryl/α,β-unsaturated/α-hetero) is 1. The van der Waals surface area contributed by atoms with Crippen molar-refractivity contribution in [2.24, 2.45) is 0 Å². The summed E-state index contributed by atoms with van der Waals surface area (Å²) in [4.78, 5) is 36.7. The van der Waals surface area contributed by atoms with E-state index in [1.54, 1.807) is 6.07 Å². The van der Waals surface area contributed by atoms with Crippen LogP contribution in [0.2, 0.25) is 0 Å². The number of ketones is 1. The topological polar surface area (TPSA) is 106 Å². The summed E-state index contributed by atoms with van der Waals surface area (Å²) < 4.78 is 7.29. The zero-order chi connectivity index (χ0) is 21.3. The van der Waals surface area contributed by atoms with Gasteiger partial charge in [-0.1, -0.05) is 18.2 Å². The third kappa shape index (κ3) is 3.98. The summed E-state index contributed by atoms with van der Waals surface area (Å²) in [5.41, 5.74) is 3.63. The van der Waals surface area contributed by atoms with Crippen LogP contribution < -0.4 is 5.32 Å². The van der Waals surface area contributed by atoms with E-state index in [1.165, 1.54) is 0 Å². The van der Waals surface area contributed by atoms with Crippen molar-refractivity contribution >= 4 is 28.6 Å². The third-order valence-electron chi connectivity index (χ3n) is 5.36. The van der Waals surface area contributed by atoms with E-state index in [-0.39, 0.29) is 37.0 Å². The molecule has 0 atom stereocenters. The molecular formula is C22H24N4O4. The maximum absolute atomic E-state index is 12.5. The van der Waals surface area contributed by atoms with Gasteiger partial charge < -0.3 is 14.6 Å². The number of esters is 1. The molecular weight excluding hydrogens is 384 g/mol. The highest BCUT2D eigenvalue weighted by molar-refractivity contribution is 6.04. The lowest BCUT2D eigenvalue weighted by atomic mass is 10.1. The molecule has 1 aliphatic rings. The second-order valence-corrected chi connectivity index (χ2v) is 7.59. The first kappa shape index (κ1) is 19.9. The van der Waals surface area contributed by atoms with Crippen LogP contribution in [0.5, 0.6) is 0 Å². The van der Waals surface area contributed by atoms with Gasteiger partial charge in [-0.25, -0.2) is 0 Å². The molecule has 4 rings (SSSR count). The number of hydrogen-bond donors (Lipinski definition) is 2. The first-order valence-electron chi connectivity index (χ1n) is 10.0. The predicted molar refractivity (Wildman–Crippen MR) is 111 cm³/mol. The summed E-state index contributed by atoms with van der Waals surface area (Å²) in [6.45, 7) is 3.71. The molecule has 0 aliphatic heterocycles. The summed E-state index contributed by atoms with van der Waals surface area (Å²) >= 11 is 0. The number of para-hydroxylation sites is 1. The number of hydrogen-bond acceptors (Lipinski definition) is 5. The highest BCUT2D eigenvalue weighted by atomic mass is 16.5. The lowest BCUT2D eigenvalue weighted by Crippen LogP contribution is -2.27. The van der Waals surface area contributed by atoms with Gasteiger partial charge in [-0.05, 0) is 38.8 Å². The molecule has 2 aromatic heterocycles. The fraction of sp³-hybridized carbons (Fsp3) is 0.364. The lowest BCUT2D eigenvalue weighted by molar-refractivity contribution is -0.142. The summed E-state index contributed by atoms with van der Waals surface area (Å²) in [7, 11) is 0. The second-order valence-electron chi connectivity index (χ2n) is 7.59. The van der Waals surface area contributed by atoms with E-state index in [0.29, 0.717) is 17.0 Å². The zero-order valence-corrected chi connectivity index (χ0v) is 17.0. The van der Waals surface area contributed by atoms with E-state index < -0.39 is 5.97 Å². The Morgan fingerprint density at radius 1 is 1.23 bits per heavy atom. The Morgan fingerprint density at radius 2 is 2.00 bits per heavy atom. The van der Waals surface area contributed by atoms with Gasteiger partial charge in [-0.3, -0.25) is 19.5 Å². The predicted octanol–water partition coefficient (Wildman–Crippen LogP) is 2.86. The lowest BCUT2D eigenvalue weighted by Gasteiger charge is -2.08. The van der Waals surface area contributed by atoms with E-state index in [1.807, 2.05) is 38.1 Å². The molecule has 1 saturated carbocycles. The summed E-state index contributed by atoms with van der Waals surface area (Å²) in [5, 5.41) is 10.2. The van der Waals surface area contributed by atoms with E-state index in [2.05, 4.69) is 20.1 Å². The maximum Gasteiger partial charge on any atom is 0.308 e. The number of aromatic amines is 1. The number of carbonyl (C=O) groups excluding carboxylic acids is 3. The van der Waals surface area contributed by atoms with Crippen molar-refractivity contribution in [3.05, 3.63) is 53.0 Å². The molecule has 2 heterocycles. The van der Waals surface area contributed by atoms with E-state index >= 15 is 0 Å². The number of amides is 1. The third-order valence-corrected chi connectivity index (χ3v) is 5.36. The van der Waals surface area contributed by atoms with Crippen molar-refractivity contribution in [1.29, 1.82) is 0 Å². The standard InChI is InChI=1S/C22H24N4O4/c1-13-11-17(14(2)26(13)15-7-8-15)19(27)12-30-20(28)9-10-23-22(29)21-16-5-3-4-6-18(16)24-25-21/h3-6,11,15H,7-10,12H2,1-2H3,(H,23,29)(H,24,25). The largest absolute Gasteiger partial charge is 0.457 e. The zero-order valence-electron chi connectivity index (χ0n) is 17.0. The smallest absolute Gasteiger partial charge is 0.308 e. The Bertz CT molecular complexity index is 1120. The van der Waals surface area contributed by atoms with Gasteiger partial charge >= 0.3 is 5.97 Å². The fourth-order valence-corrected chi connectivity index (χ4v) is 3.75. The first-order valence-corrected chi connectivity index (χ1v) is 10.0. The molecule has 0 bridgehead atoms. The number of rotatable bonds is 8. The van der Waals surface area contributed by atoms with Gasteiger partial charge in [0.25, 0.3) is 5.91 Å². The van der Waals surface area contributed by atoms with Crippen LogP contribution in [0.15, 0.2) is 30.3 Å². The van der Waals surface area contributed by atoms with Gasteiger partial charge in [-0.2, -0.15) is 5.10 Å². The minimum absolute atomic E-state index is 0.0253. The van der Waals surface area contributed by atoms with Gasteiger partial charge in [0.05, 0.1) is 11.9 Å². The van der Waals surface area contributed by atoms with Crippen LogP contribution in [0.4, 0.5) is 0 Å². The van der Waals surface area contributed by atoms with Crippen LogP contribution in [0.1, 0.15) is 57.5 Å². The molecule has 0 saturated heterocycles. The Hall–Kier alpha value is -3.42. The minimum Gasteiger partial charge on any atom is -0.457 e. The number of H-pyrrole nitrogens is 1. The van der Waals surface area contributed by atoms with Crippen LogP contribution in [0.3, 0.4) is 0 Å². The van der Waals surface area contributed by atoms with Crippen LogP contribution in [-0.2, 0) is 9.53 Å². The van der Waals surface area contributed by atoms with Crippen LogP contribution in [0, 0.1) is 13.8 Å². The molecule has 0 spiro atoms. The normalized spacial score (nSPS) is 13.4. The molecule has 1 amide bonds. The molecule has 2 N–H and O–H groups in total. The van der Waals surface area contributed by atoms with Gasteiger partial charge in [0.2, 0.25) is 5.78 Å². The monoisotopic (exact) mass is 408 g/mol. The molecule has 8 nitrogen and oxygen atoms in total. The van der Waals surface area contributed by atoms with E-state index in [9.17, 15) is 14.4 Å². The van der Waals surface area contributed by atoms with Gasteiger partial charge in [-0.15, -0.1) is 0 Å². The highest BCUT2D eigenvalue weighted by Gasteiger charge is 2.28. The first-order chi connectivity index (χ1) is 14.5. The number of nitrogens with zero attached hydrogens (tertiary/aromatic N) is 2. The number of carbonyl (C=O) groups is 3. The van der Waals surface area contributed by atoms with Crippen LogP contribution >= 0.6 is 0 Å². The number of benzene rings is 1. The summed E-state index contributed by atoms with van der Waals surface area (Å²) in [6, 6.07) is 9.65. The number of fused-ring (bicyclic) bond motifs is 1. The van der Waals surface area contributed by atoms with Gasteiger partial charge in [0.1, 0.15) is 0 Å². The van der Waals surface area contributed by atoms with Crippen molar-refractivity contribution < 1.29 is 19.1 Å². The van der Waals surface area contributed by atoms with Gasteiger partial charge in [0.15, 0.2) is 12.3 Å². The summed E-state index contributed by atoms with van der Waals surface area (Å²) in [5.74, 6) is -1.12. The Kier molecular flexibility index (Phi) is 5.39. The minimum atomic E-state index is -0.536. The highest BCUT2D eigenvalue weighted by Crippen LogP contribution is 2.38. The second kappa shape index (κ2) is 8.14. The maximum atomic E-state index is 12.5. The average Bonchev–Trinajstić information content (AvgIpc) is 3.39. The van der Waals surface area contributed by atoms with Crippen molar-refractivity contribution in [3.63, 3.8) is 0 Å². The van der Waals surface area contributed by atoms with Gasteiger partial charge in [0, 0.05) is 34.9 Å². The fourth-order valence-electron chi connectivity index (χ4n) is 3.75. The number of nitrogens with one attached hydrogen (secondary N) is 2. The van der Waals surface area contributed by atoms with Crippen molar-refractivity contribution in [2.75, 3.05) is 13.2 Å². The molecule has 156 valence electrons. The molecule has 1 aliphatic carbocycles. The SMILES string of the molecule is Cc1cc(C(=O)COC(=O)CCNC(=O)c2n[nH]c3ccccc23)c(C)n1C1CC1. The molecule has 8 heteroatoms. The van der Waals surface area contributed by atoms with Crippen molar-refractivity contribution in [1.82, 2.24) is 20.1 Å². The number of aryl methyl sites for hydroxylation is 1. The number of ether oxygens (including phenoxy) is 1. The van der Waals surface area contributed by atoms with E-state index in [4.69, 9.17) is 4.74 Å². The Morgan fingerprint density at radius 3 is 2.77 bits per heavy atom. The molecule has 0 unspecified atom stereocenters. The molecule has 30 heavy (non-hydrogen) atoms. The quantitative estimate of drug-likeness (QED) is 0.440. The van der Waals surface area contributed by atoms with Crippen molar-refractivity contribution in [3.8, 4) is 0 Å².